The van der Waals surface area contributed by atoms with E-state index in [2.05, 4.69) is 43.3 Å². The van der Waals surface area contributed by atoms with E-state index in [1.807, 2.05) is 29.2 Å². The highest BCUT2D eigenvalue weighted by Gasteiger charge is 2.39. The third kappa shape index (κ3) is 4.17. The molecule has 6 nitrogen and oxygen atoms in total. The number of amides is 2. The van der Waals surface area contributed by atoms with E-state index in [4.69, 9.17) is 4.42 Å². The van der Waals surface area contributed by atoms with E-state index in [0.717, 1.165) is 49.2 Å². The highest BCUT2D eigenvalue weighted by Crippen LogP contribution is 2.31. The van der Waals surface area contributed by atoms with Crippen LogP contribution in [0, 0.1) is 0 Å². The van der Waals surface area contributed by atoms with Crippen molar-refractivity contribution in [2.24, 2.45) is 0 Å². The molecule has 2 saturated heterocycles. The second kappa shape index (κ2) is 7.07. The van der Waals surface area contributed by atoms with Crippen LogP contribution in [0.2, 0.25) is 0 Å². The number of hydrogen-bond acceptors (Lipinski definition) is 4. The van der Waals surface area contributed by atoms with E-state index >= 15 is 0 Å². The summed E-state index contributed by atoms with van der Waals surface area (Å²) in [5.41, 5.74) is 1.74. The summed E-state index contributed by atoms with van der Waals surface area (Å²) in [6, 6.07) is 8.07. The first kappa shape index (κ1) is 19.2. The number of aromatic nitrogens is 1. The predicted octanol–water partition coefficient (Wildman–Crippen LogP) is 4.03. The van der Waals surface area contributed by atoms with Crippen LogP contribution in [-0.2, 0) is 0 Å². The zero-order valence-corrected chi connectivity index (χ0v) is 17.4. The molecule has 1 aromatic heterocycles. The molecule has 2 aliphatic heterocycles. The molecule has 0 spiro atoms. The van der Waals surface area contributed by atoms with Gasteiger partial charge in [0.25, 0.3) is 0 Å². The van der Waals surface area contributed by atoms with Crippen LogP contribution < -0.4 is 10.6 Å². The van der Waals surface area contributed by atoms with Crippen LogP contribution in [0.15, 0.2) is 28.7 Å². The lowest BCUT2D eigenvalue weighted by Gasteiger charge is -2.47. The smallest absolute Gasteiger partial charge is 0.317 e. The number of rotatable bonds is 2. The molecule has 152 valence electrons. The maximum atomic E-state index is 13.0. The third-order valence-corrected chi connectivity index (χ3v) is 5.89. The number of hydrogen-bond donors (Lipinski definition) is 2. The number of oxazole rings is 1. The second-order valence-electron chi connectivity index (χ2n) is 9.75. The standard InChI is InChI=1S/C22H32N4O2/c1-21(2)12-16(13-22(3,4)25-21)23-20(27)26-11-7-8-15(14-26)19-24-17-9-5-6-10-18(17)28-19/h5-6,9-10,15-16,25H,7-8,11-14H2,1-4H3,(H,23,27). The molecule has 2 aromatic rings. The molecule has 2 aliphatic rings. The third-order valence-electron chi connectivity index (χ3n) is 5.89. The predicted molar refractivity (Wildman–Crippen MR) is 110 cm³/mol. The summed E-state index contributed by atoms with van der Waals surface area (Å²) in [5.74, 6) is 0.913. The van der Waals surface area contributed by atoms with Crippen molar-refractivity contribution in [2.45, 2.75) is 76.4 Å². The Balaban J connectivity index is 1.42. The van der Waals surface area contributed by atoms with Crippen LogP contribution in [0.4, 0.5) is 4.79 Å². The molecule has 28 heavy (non-hydrogen) atoms. The molecule has 1 unspecified atom stereocenters. The summed E-state index contributed by atoms with van der Waals surface area (Å²) < 4.78 is 5.96. The normalized spacial score (nSPS) is 25.0. The van der Waals surface area contributed by atoms with Crippen LogP contribution in [0.1, 0.15) is 65.2 Å². The van der Waals surface area contributed by atoms with Gasteiger partial charge in [-0.1, -0.05) is 12.1 Å². The lowest BCUT2D eigenvalue weighted by Crippen LogP contribution is -2.63. The molecule has 0 aliphatic carbocycles. The summed E-state index contributed by atoms with van der Waals surface area (Å²) in [6.07, 6.45) is 3.85. The van der Waals surface area contributed by atoms with Crippen molar-refractivity contribution >= 4 is 17.1 Å². The largest absolute Gasteiger partial charge is 0.440 e. The number of carbonyl (C=O) groups is 1. The van der Waals surface area contributed by atoms with Gasteiger partial charge in [-0.15, -0.1) is 0 Å². The first-order valence-electron chi connectivity index (χ1n) is 10.4. The van der Waals surface area contributed by atoms with Gasteiger partial charge in [-0.05, 0) is 65.5 Å². The molecule has 6 heteroatoms. The van der Waals surface area contributed by atoms with Gasteiger partial charge in [0, 0.05) is 30.2 Å². The van der Waals surface area contributed by atoms with Crippen LogP contribution >= 0.6 is 0 Å². The van der Waals surface area contributed by atoms with E-state index in [-0.39, 0.29) is 29.1 Å². The summed E-state index contributed by atoms with van der Waals surface area (Å²) in [4.78, 5) is 19.6. The number of urea groups is 1. The van der Waals surface area contributed by atoms with E-state index in [9.17, 15) is 4.79 Å². The number of piperidine rings is 2. The van der Waals surface area contributed by atoms with Crippen molar-refractivity contribution in [3.63, 3.8) is 0 Å². The fourth-order valence-electron chi connectivity index (χ4n) is 5.12. The number of nitrogens with zero attached hydrogens (tertiary/aromatic N) is 2. The first-order valence-corrected chi connectivity index (χ1v) is 10.4. The highest BCUT2D eigenvalue weighted by molar-refractivity contribution is 5.75. The Morgan fingerprint density at radius 3 is 2.64 bits per heavy atom. The van der Waals surface area contributed by atoms with Crippen molar-refractivity contribution in [3.05, 3.63) is 30.2 Å². The Hall–Kier alpha value is -2.08. The highest BCUT2D eigenvalue weighted by atomic mass is 16.3. The Labute approximate surface area is 167 Å². The fraction of sp³-hybridized carbons (Fsp3) is 0.636. The number of likely N-dealkylation sites (tertiary alicyclic amines) is 1. The average Bonchev–Trinajstić information content (AvgIpc) is 3.03. The maximum Gasteiger partial charge on any atom is 0.317 e. The zero-order chi connectivity index (χ0) is 19.9. The molecule has 0 saturated carbocycles. The van der Waals surface area contributed by atoms with E-state index in [0.29, 0.717) is 6.54 Å². The van der Waals surface area contributed by atoms with Gasteiger partial charge in [-0.2, -0.15) is 0 Å². The number of para-hydroxylation sites is 2. The van der Waals surface area contributed by atoms with Gasteiger partial charge in [0.2, 0.25) is 0 Å². The molecule has 4 rings (SSSR count). The molecule has 3 heterocycles. The topological polar surface area (TPSA) is 70.4 Å². The Morgan fingerprint density at radius 2 is 1.93 bits per heavy atom. The summed E-state index contributed by atoms with van der Waals surface area (Å²) in [6.45, 7) is 10.3. The second-order valence-corrected chi connectivity index (χ2v) is 9.75. The van der Waals surface area contributed by atoms with Crippen molar-refractivity contribution in [1.82, 2.24) is 20.5 Å². The summed E-state index contributed by atoms with van der Waals surface area (Å²) >= 11 is 0. The average molecular weight is 385 g/mol. The molecule has 2 fully saturated rings. The van der Waals surface area contributed by atoms with E-state index in [1.165, 1.54) is 0 Å². The van der Waals surface area contributed by atoms with Crippen molar-refractivity contribution < 1.29 is 9.21 Å². The van der Waals surface area contributed by atoms with Crippen LogP contribution in [0.5, 0.6) is 0 Å². The molecule has 0 radical (unpaired) electrons. The van der Waals surface area contributed by atoms with Crippen LogP contribution in [0.3, 0.4) is 0 Å². The van der Waals surface area contributed by atoms with Gasteiger partial charge in [-0.3, -0.25) is 0 Å². The monoisotopic (exact) mass is 384 g/mol. The lowest BCUT2D eigenvalue weighted by molar-refractivity contribution is 0.133. The van der Waals surface area contributed by atoms with Crippen molar-refractivity contribution in [2.75, 3.05) is 13.1 Å². The maximum absolute atomic E-state index is 13.0. The number of benzene rings is 1. The lowest BCUT2D eigenvalue weighted by atomic mass is 9.79. The van der Waals surface area contributed by atoms with E-state index in [1.54, 1.807) is 0 Å². The van der Waals surface area contributed by atoms with Crippen molar-refractivity contribution in [1.29, 1.82) is 0 Å². The summed E-state index contributed by atoms with van der Waals surface area (Å²) in [7, 11) is 0. The van der Waals surface area contributed by atoms with Gasteiger partial charge >= 0.3 is 6.03 Å². The number of nitrogens with one attached hydrogen (secondary N) is 2. The molecule has 0 bridgehead atoms. The Morgan fingerprint density at radius 1 is 1.21 bits per heavy atom. The molecular formula is C22H32N4O2. The molecule has 1 atom stereocenters. The minimum atomic E-state index is 0.0162. The van der Waals surface area contributed by atoms with Gasteiger partial charge in [0.15, 0.2) is 11.5 Å². The fourth-order valence-corrected chi connectivity index (χ4v) is 5.12. The van der Waals surface area contributed by atoms with Gasteiger partial charge in [0.05, 0.1) is 5.92 Å². The Bertz CT molecular complexity index is 808. The van der Waals surface area contributed by atoms with Gasteiger partial charge < -0.3 is 20.0 Å². The SMILES string of the molecule is CC1(C)CC(NC(=O)N2CCCC(c3nc4ccccc4o3)C2)CC(C)(C)N1. The minimum Gasteiger partial charge on any atom is -0.440 e. The Kier molecular flexibility index (Phi) is 4.86. The quantitative estimate of drug-likeness (QED) is 0.820. The first-order chi connectivity index (χ1) is 13.2. The molecule has 1 aromatic carbocycles. The zero-order valence-electron chi connectivity index (χ0n) is 17.4. The van der Waals surface area contributed by atoms with Gasteiger partial charge in [0.1, 0.15) is 5.52 Å². The van der Waals surface area contributed by atoms with Crippen LogP contribution in [0.25, 0.3) is 11.1 Å². The van der Waals surface area contributed by atoms with E-state index < -0.39 is 0 Å². The number of fused-ring (bicyclic) bond motifs is 1. The minimum absolute atomic E-state index is 0.0162. The number of carbonyl (C=O) groups excluding carboxylic acids is 1. The molecule has 2 N–H and O–H groups in total. The molecule has 2 amide bonds. The van der Waals surface area contributed by atoms with Crippen LogP contribution in [-0.4, -0.2) is 46.1 Å². The molecular weight excluding hydrogens is 352 g/mol. The van der Waals surface area contributed by atoms with Gasteiger partial charge in [-0.25, -0.2) is 9.78 Å². The summed E-state index contributed by atoms with van der Waals surface area (Å²) in [5, 5.41) is 6.96. The van der Waals surface area contributed by atoms with Crippen molar-refractivity contribution in [3.8, 4) is 0 Å².